The molecule has 10 heteroatoms. The molecule has 6 N–H and O–H groups in total. The normalized spacial score (nSPS) is 10.7. The smallest absolute Gasteiger partial charge is 0.245 e. The molecule has 0 aliphatic rings. The Morgan fingerprint density at radius 3 is 2.61 bits per heavy atom. The van der Waals surface area contributed by atoms with Crippen LogP contribution < -0.4 is 21.5 Å². The summed E-state index contributed by atoms with van der Waals surface area (Å²) >= 11 is 0. The fourth-order valence-corrected chi connectivity index (χ4v) is 2.54. The third kappa shape index (κ3) is 5.16. The van der Waals surface area contributed by atoms with E-state index in [-0.39, 0.29) is 24.7 Å². The van der Waals surface area contributed by atoms with E-state index in [9.17, 15) is 9.59 Å². The number of anilines is 1. The summed E-state index contributed by atoms with van der Waals surface area (Å²) in [6.07, 6.45) is 2.45. The number of carbonyl (C=O) groups excluding carboxylic acids is 2. The molecule has 0 fully saturated rings. The maximum absolute atomic E-state index is 11.7. The number of imidazole rings is 1. The summed E-state index contributed by atoms with van der Waals surface area (Å²) in [5.41, 5.74) is 13.6. The highest BCUT2D eigenvalue weighted by Gasteiger charge is 2.10. The molecule has 0 saturated heterocycles. The van der Waals surface area contributed by atoms with E-state index in [2.05, 4.69) is 25.3 Å². The Bertz CT molecular complexity index is 969. The number of nitrogens with two attached hydrogens (primary N) is 2. The largest absolute Gasteiger partial charge is 0.471 e. The molecule has 0 aliphatic carbocycles. The van der Waals surface area contributed by atoms with E-state index in [0.717, 1.165) is 11.1 Å². The molecule has 0 bridgehead atoms. The molecule has 3 rings (SSSR count). The van der Waals surface area contributed by atoms with E-state index >= 15 is 0 Å². The van der Waals surface area contributed by atoms with E-state index in [4.69, 9.17) is 16.2 Å². The van der Waals surface area contributed by atoms with Gasteiger partial charge in [0.05, 0.1) is 6.33 Å². The SMILES string of the molecule is NC(=O)CCCC(=O)NCc1ccc(COc2nc(N)nc3nc[nH]c23)cc1. The Kier molecular flexibility index (Phi) is 6.00. The van der Waals surface area contributed by atoms with E-state index in [1.807, 2.05) is 24.3 Å². The number of hydrogen-bond acceptors (Lipinski definition) is 7. The Labute approximate surface area is 160 Å². The van der Waals surface area contributed by atoms with Crippen molar-refractivity contribution in [1.82, 2.24) is 25.3 Å². The first kappa shape index (κ1) is 19.1. The molecule has 2 aromatic heterocycles. The molecule has 146 valence electrons. The second kappa shape index (κ2) is 8.80. The topological polar surface area (TPSA) is 162 Å². The molecule has 0 unspecified atom stereocenters. The first-order valence-electron chi connectivity index (χ1n) is 8.73. The minimum Gasteiger partial charge on any atom is -0.471 e. The van der Waals surface area contributed by atoms with Gasteiger partial charge < -0.3 is 26.5 Å². The van der Waals surface area contributed by atoms with Gasteiger partial charge in [0.25, 0.3) is 0 Å². The molecule has 2 amide bonds. The van der Waals surface area contributed by atoms with Crippen molar-refractivity contribution in [2.75, 3.05) is 5.73 Å². The lowest BCUT2D eigenvalue weighted by atomic mass is 10.1. The van der Waals surface area contributed by atoms with Crippen LogP contribution in [-0.2, 0) is 22.7 Å². The summed E-state index contributed by atoms with van der Waals surface area (Å²) in [5, 5.41) is 2.81. The molecule has 2 heterocycles. The lowest BCUT2D eigenvalue weighted by Crippen LogP contribution is -2.23. The summed E-state index contributed by atoms with van der Waals surface area (Å²) in [4.78, 5) is 37.5. The third-order valence-corrected chi connectivity index (χ3v) is 3.98. The van der Waals surface area contributed by atoms with Gasteiger partial charge in [0.15, 0.2) is 5.65 Å². The monoisotopic (exact) mass is 383 g/mol. The molecule has 0 aliphatic heterocycles. The van der Waals surface area contributed by atoms with Gasteiger partial charge >= 0.3 is 0 Å². The van der Waals surface area contributed by atoms with Crippen molar-refractivity contribution < 1.29 is 14.3 Å². The van der Waals surface area contributed by atoms with E-state index < -0.39 is 5.91 Å². The van der Waals surface area contributed by atoms with Gasteiger partial charge in [-0.3, -0.25) is 9.59 Å². The first-order valence-corrected chi connectivity index (χ1v) is 8.73. The summed E-state index contributed by atoms with van der Waals surface area (Å²) in [6, 6.07) is 7.62. The lowest BCUT2D eigenvalue weighted by molar-refractivity contribution is -0.121. The van der Waals surface area contributed by atoms with Crippen LogP contribution in [0.2, 0.25) is 0 Å². The molecule has 0 radical (unpaired) electrons. The van der Waals surface area contributed by atoms with Crippen LogP contribution >= 0.6 is 0 Å². The van der Waals surface area contributed by atoms with Gasteiger partial charge in [-0.2, -0.15) is 9.97 Å². The number of aromatic nitrogens is 4. The zero-order chi connectivity index (χ0) is 19.9. The highest BCUT2D eigenvalue weighted by molar-refractivity contribution is 5.78. The van der Waals surface area contributed by atoms with Crippen molar-refractivity contribution in [3.8, 4) is 5.88 Å². The van der Waals surface area contributed by atoms with Crippen LogP contribution in [0.1, 0.15) is 30.4 Å². The highest BCUT2D eigenvalue weighted by atomic mass is 16.5. The van der Waals surface area contributed by atoms with Crippen molar-refractivity contribution in [2.24, 2.45) is 5.73 Å². The van der Waals surface area contributed by atoms with Gasteiger partial charge in [-0.15, -0.1) is 0 Å². The van der Waals surface area contributed by atoms with E-state index in [0.29, 0.717) is 36.6 Å². The van der Waals surface area contributed by atoms with Crippen LogP contribution in [0.25, 0.3) is 11.2 Å². The standard InChI is InChI=1S/C18H21N7O3/c19-13(26)2-1-3-14(27)21-8-11-4-6-12(7-5-11)9-28-17-15-16(23-10-22-15)24-18(20)25-17/h4-7,10H,1-3,8-9H2,(H2,19,26)(H,21,27)(H3,20,22,23,24,25). The van der Waals surface area contributed by atoms with Gasteiger partial charge in [0, 0.05) is 19.4 Å². The van der Waals surface area contributed by atoms with Crippen LogP contribution in [0.4, 0.5) is 5.95 Å². The molecule has 1 aromatic carbocycles. The Morgan fingerprint density at radius 2 is 1.86 bits per heavy atom. The Balaban J connectivity index is 1.50. The number of fused-ring (bicyclic) bond motifs is 1. The molecule has 28 heavy (non-hydrogen) atoms. The maximum atomic E-state index is 11.7. The number of benzene rings is 1. The van der Waals surface area contributed by atoms with Crippen molar-refractivity contribution in [3.05, 3.63) is 41.7 Å². The van der Waals surface area contributed by atoms with Crippen molar-refractivity contribution in [1.29, 1.82) is 0 Å². The number of nitrogens with one attached hydrogen (secondary N) is 2. The first-order chi connectivity index (χ1) is 13.5. The van der Waals surface area contributed by atoms with Crippen LogP contribution in [0, 0.1) is 0 Å². The number of carbonyl (C=O) groups is 2. The number of hydrogen-bond donors (Lipinski definition) is 4. The Morgan fingerprint density at radius 1 is 1.11 bits per heavy atom. The van der Waals surface area contributed by atoms with Crippen LogP contribution in [-0.4, -0.2) is 31.8 Å². The predicted molar refractivity (Wildman–Crippen MR) is 102 cm³/mol. The molecular formula is C18H21N7O3. The van der Waals surface area contributed by atoms with Gasteiger partial charge in [-0.1, -0.05) is 24.3 Å². The number of rotatable bonds is 9. The van der Waals surface area contributed by atoms with Crippen molar-refractivity contribution in [3.63, 3.8) is 0 Å². The summed E-state index contributed by atoms with van der Waals surface area (Å²) in [5.74, 6) is -0.0778. The second-order valence-electron chi connectivity index (χ2n) is 6.19. The number of nitrogen functional groups attached to an aromatic ring is 1. The van der Waals surface area contributed by atoms with Crippen molar-refractivity contribution in [2.45, 2.75) is 32.4 Å². The number of ether oxygens (including phenoxy) is 1. The molecule has 0 saturated carbocycles. The van der Waals surface area contributed by atoms with Crippen LogP contribution in [0.15, 0.2) is 30.6 Å². The maximum Gasteiger partial charge on any atom is 0.245 e. The third-order valence-electron chi connectivity index (χ3n) is 3.98. The van der Waals surface area contributed by atoms with Gasteiger partial charge in [0.2, 0.25) is 23.6 Å². The lowest BCUT2D eigenvalue weighted by Gasteiger charge is -2.08. The number of nitrogens with zero attached hydrogens (tertiary/aromatic N) is 3. The fraction of sp³-hybridized carbons (Fsp3) is 0.278. The Hall–Kier alpha value is -3.69. The highest BCUT2D eigenvalue weighted by Crippen LogP contribution is 2.20. The number of H-pyrrole nitrogens is 1. The van der Waals surface area contributed by atoms with E-state index in [1.165, 1.54) is 6.33 Å². The number of aromatic amines is 1. The minimum atomic E-state index is -0.400. The molecule has 3 aromatic rings. The zero-order valence-corrected chi connectivity index (χ0v) is 15.1. The molecule has 10 nitrogen and oxygen atoms in total. The molecule has 0 spiro atoms. The minimum absolute atomic E-state index is 0.0940. The zero-order valence-electron chi connectivity index (χ0n) is 15.1. The summed E-state index contributed by atoms with van der Waals surface area (Å²) in [6.45, 7) is 0.706. The van der Waals surface area contributed by atoms with Crippen LogP contribution in [0.5, 0.6) is 5.88 Å². The number of amides is 2. The average Bonchev–Trinajstić information content (AvgIpc) is 3.13. The second-order valence-corrected chi connectivity index (χ2v) is 6.19. The van der Waals surface area contributed by atoms with Gasteiger partial charge in [-0.05, 0) is 17.5 Å². The van der Waals surface area contributed by atoms with E-state index in [1.54, 1.807) is 0 Å². The molecular weight excluding hydrogens is 362 g/mol. The molecule has 0 atom stereocenters. The quantitative estimate of drug-likeness (QED) is 0.424. The van der Waals surface area contributed by atoms with Crippen molar-refractivity contribution >= 4 is 28.9 Å². The number of primary amides is 1. The van der Waals surface area contributed by atoms with Crippen LogP contribution in [0.3, 0.4) is 0 Å². The summed E-state index contributed by atoms with van der Waals surface area (Å²) < 4.78 is 5.74. The fourth-order valence-electron chi connectivity index (χ4n) is 2.54. The summed E-state index contributed by atoms with van der Waals surface area (Å²) in [7, 11) is 0. The predicted octanol–water partition coefficient (Wildman–Crippen LogP) is 0.786. The average molecular weight is 383 g/mol. The van der Waals surface area contributed by atoms with Gasteiger partial charge in [-0.25, -0.2) is 4.98 Å². The van der Waals surface area contributed by atoms with Gasteiger partial charge in [0.1, 0.15) is 12.1 Å².